The predicted molar refractivity (Wildman–Crippen MR) is 37.4 cm³/mol. The molecule has 1 saturated heterocycles. The third-order valence-electron chi connectivity index (χ3n) is 3.14. The van der Waals surface area contributed by atoms with Gasteiger partial charge in [-0.15, -0.1) is 0 Å². The highest BCUT2D eigenvalue weighted by Crippen LogP contribution is 2.50. The van der Waals surface area contributed by atoms with Crippen LogP contribution in [-0.2, 0) is 4.74 Å². The SMILES string of the molecule is N[C@@H]1C[C@@H]2[C@H]1[C@H]1C=C[C@@H]2O1. The minimum Gasteiger partial charge on any atom is -0.366 e. The van der Waals surface area contributed by atoms with Crippen LogP contribution >= 0.6 is 0 Å². The molecule has 5 atom stereocenters. The Labute approximate surface area is 60.0 Å². The second-order valence-corrected chi connectivity index (χ2v) is 3.59. The molecule has 2 heteroatoms. The summed E-state index contributed by atoms with van der Waals surface area (Å²) in [6, 6.07) is 0.421. The molecule has 2 N–H and O–H groups in total. The molecule has 54 valence electrons. The summed E-state index contributed by atoms with van der Waals surface area (Å²) < 4.78 is 5.64. The standard InChI is InChI=1S/C8H11NO/c9-5-3-4-6-1-2-7(10-6)8(4)5/h1-2,4-8H,3,9H2/t4-,5+,6-,7+,8+/m0/s1. The lowest BCUT2D eigenvalue weighted by Gasteiger charge is -2.41. The highest BCUT2D eigenvalue weighted by atomic mass is 16.5. The Morgan fingerprint density at radius 3 is 2.70 bits per heavy atom. The van der Waals surface area contributed by atoms with E-state index in [0.29, 0.717) is 24.2 Å². The first kappa shape index (κ1) is 5.33. The van der Waals surface area contributed by atoms with Crippen molar-refractivity contribution in [2.45, 2.75) is 24.7 Å². The number of hydrogen-bond acceptors (Lipinski definition) is 2. The fourth-order valence-electron chi connectivity index (χ4n) is 2.54. The average Bonchev–Trinajstić information content (AvgIpc) is 2.40. The number of nitrogens with two attached hydrogens (primary N) is 1. The van der Waals surface area contributed by atoms with Crippen molar-refractivity contribution in [2.75, 3.05) is 0 Å². The fraction of sp³-hybridized carbons (Fsp3) is 0.750. The minimum atomic E-state index is 0.374. The second kappa shape index (κ2) is 1.46. The molecule has 0 aromatic rings. The molecule has 3 rings (SSSR count). The topological polar surface area (TPSA) is 35.2 Å². The Kier molecular flexibility index (Phi) is 0.778. The first-order valence-electron chi connectivity index (χ1n) is 3.95. The lowest BCUT2D eigenvalue weighted by Crippen LogP contribution is -2.51. The van der Waals surface area contributed by atoms with Crippen LogP contribution in [0.3, 0.4) is 0 Å². The normalized spacial score (nSPS) is 62.3. The van der Waals surface area contributed by atoms with E-state index in [0.717, 1.165) is 5.92 Å². The highest BCUT2D eigenvalue weighted by Gasteiger charge is 2.55. The van der Waals surface area contributed by atoms with Crippen LogP contribution < -0.4 is 5.73 Å². The van der Waals surface area contributed by atoms with E-state index in [4.69, 9.17) is 10.5 Å². The van der Waals surface area contributed by atoms with E-state index in [9.17, 15) is 0 Å². The van der Waals surface area contributed by atoms with Crippen LogP contribution in [0.5, 0.6) is 0 Å². The summed E-state index contributed by atoms with van der Waals surface area (Å²) in [5, 5.41) is 0. The van der Waals surface area contributed by atoms with Crippen LogP contribution in [0.4, 0.5) is 0 Å². The van der Waals surface area contributed by atoms with E-state index in [-0.39, 0.29) is 0 Å². The lowest BCUT2D eigenvalue weighted by molar-refractivity contribution is 0.109. The van der Waals surface area contributed by atoms with Gasteiger partial charge in [-0.05, 0) is 12.3 Å². The molecular formula is C8H11NO. The smallest absolute Gasteiger partial charge is 0.0811 e. The first-order valence-corrected chi connectivity index (χ1v) is 3.95. The van der Waals surface area contributed by atoms with Crippen molar-refractivity contribution >= 4 is 0 Å². The Bertz CT molecular complexity index is 201. The molecule has 0 aromatic heterocycles. The maximum absolute atomic E-state index is 5.84. The minimum absolute atomic E-state index is 0.374. The van der Waals surface area contributed by atoms with Crippen LogP contribution in [-0.4, -0.2) is 18.2 Å². The van der Waals surface area contributed by atoms with Gasteiger partial charge in [-0.2, -0.15) is 0 Å². The zero-order valence-electron chi connectivity index (χ0n) is 5.73. The van der Waals surface area contributed by atoms with Crippen molar-refractivity contribution in [3.05, 3.63) is 12.2 Å². The third-order valence-corrected chi connectivity index (χ3v) is 3.14. The quantitative estimate of drug-likeness (QED) is 0.487. The fourth-order valence-corrected chi connectivity index (χ4v) is 2.54. The van der Waals surface area contributed by atoms with Crippen LogP contribution in [0.25, 0.3) is 0 Å². The van der Waals surface area contributed by atoms with E-state index < -0.39 is 0 Å². The third kappa shape index (κ3) is 0.414. The van der Waals surface area contributed by atoms with Crippen molar-refractivity contribution < 1.29 is 4.74 Å². The van der Waals surface area contributed by atoms with Crippen LogP contribution in [0, 0.1) is 11.8 Å². The maximum Gasteiger partial charge on any atom is 0.0811 e. The molecule has 2 fully saturated rings. The molecule has 0 spiro atoms. The summed E-state index contributed by atoms with van der Waals surface area (Å²) in [7, 11) is 0. The van der Waals surface area contributed by atoms with Gasteiger partial charge in [0, 0.05) is 12.0 Å². The molecule has 2 heterocycles. The van der Waals surface area contributed by atoms with E-state index in [1.807, 2.05) is 0 Å². The van der Waals surface area contributed by atoms with Crippen LogP contribution in [0.1, 0.15) is 6.42 Å². The van der Waals surface area contributed by atoms with E-state index in [1.54, 1.807) is 0 Å². The predicted octanol–water partition coefficient (Wildman–Crippen LogP) is 0.287. The van der Waals surface area contributed by atoms with E-state index >= 15 is 0 Å². The highest BCUT2D eigenvalue weighted by molar-refractivity contribution is 5.20. The van der Waals surface area contributed by atoms with Gasteiger partial charge in [-0.25, -0.2) is 0 Å². The Hall–Kier alpha value is -0.340. The zero-order valence-corrected chi connectivity index (χ0v) is 5.73. The molecule has 10 heavy (non-hydrogen) atoms. The Morgan fingerprint density at radius 1 is 1.30 bits per heavy atom. The van der Waals surface area contributed by atoms with Crippen LogP contribution in [0.2, 0.25) is 0 Å². The summed E-state index contributed by atoms with van der Waals surface area (Å²) in [4.78, 5) is 0. The van der Waals surface area contributed by atoms with Gasteiger partial charge in [-0.1, -0.05) is 12.2 Å². The Balaban J connectivity index is 1.96. The monoisotopic (exact) mass is 137 g/mol. The molecule has 2 aliphatic heterocycles. The summed E-state index contributed by atoms with van der Waals surface area (Å²) in [6.07, 6.45) is 6.34. The molecule has 2 nitrogen and oxygen atoms in total. The zero-order chi connectivity index (χ0) is 6.72. The average molecular weight is 137 g/mol. The molecule has 0 radical (unpaired) electrons. The lowest BCUT2D eigenvalue weighted by atomic mass is 9.64. The van der Waals surface area contributed by atoms with Gasteiger partial charge in [0.25, 0.3) is 0 Å². The van der Waals surface area contributed by atoms with Crippen molar-refractivity contribution in [3.63, 3.8) is 0 Å². The van der Waals surface area contributed by atoms with Crippen molar-refractivity contribution in [3.8, 4) is 0 Å². The van der Waals surface area contributed by atoms with Crippen molar-refractivity contribution in [2.24, 2.45) is 17.6 Å². The van der Waals surface area contributed by atoms with Crippen LogP contribution in [0.15, 0.2) is 12.2 Å². The van der Waals surface area contributed by atoms with Gasteiger partial charge >= 0.3 is 0 Å². The maximum atomic E-state index is 5.84. The van der Waals surface area contributed by atoms with Gasteiger partial charge in [0.1, 0.15) is 0 Å². The second-order valence-electron chi connectivity index (χ2n) is 3.59. The largest absolute Gasteiger partial charge is 0.366 e. The number of hydrogen-bond donors (Lipinski definition) is 1. The molecular weight excluding hydrogens is 126 g/mol. The number of fused-ring (bicyclic) bond motifs is 5. The summed E-state index contributed by atoms with van der Waals surface area (Å²) in [5.41, 5.74) is 5.84. The number of ether oxygens (including phenoxy) is 1. The Morgan fingerprint density at radius 2 is 2.10 bits per heavy atom. The van der Waals surface area contributed by atoms with Crippen molar-refractivity contribution in [1.29, 1.82) is 0 Å². The van der Waals surface area contributed by atoms with Gasteiger partial charge in [0.2, 0.25) is 0 Å². The molecule has 1 saturated carbocycles. The molecule has 0 amide bonds. The molecule has 3 aliphatic rings. The van der Waals surface area contributed by atoms with Gasteiger partial charge in [0.05, 0.1) is 12.2 Å². The summed E-state index contributed by atoms with van der Waals surface area (Å²) >= 11 is 0. The molecule has 0 aromatic carbocycles. The first-order chi connectivity index (χ1) is 4.86. The van der Waals surface area contributed by atoms with E-state index in [2.05, 4.69) is 12.2 Å². The summed E-state index contributed by atoms with van der Waals surface area (Å²) in [6.45, 7) is 0. The van der Waals surface area contributed by atoms with E-state index in [1.165, 1.54) is 6.42 Å². The molecule has 1 aliphatic carbocycles. The van der Waals surface area contributed by atoms with Gasteiger partial charge in [-0.3, -0.25) is 0 Å². The molecule has 2 bridgehead atoms. The van der Waals surface area contributed by atoms with Gasteiger partial charge < -0.3 is 10.5 Å². The summed E-state index contributed by atoms with van der Waals surface area (Å²) in [5.74, 6) is 1.43. The molecule has 0 unspecified atom stereocenters. The van der Waals surface area contributed by atoms with Crippen molar-refractivity contribution in [1.82, 2.24) is 0 Å². The number of rotatable bonds is 0. The van der Waals surface area contributed by atoms with Gasteiger partial charge in [0.15, 0.2) is 0 Å².